The fraction of sp³-hybridized carbons (Fsp3) is 0.100. The van der Waals surface area contributed by atoms with Crippen LogP contribution in [0.1, 0.15) is 5.56 Å². The smallest absolute Gasteiger partial charge is 0.267 e. The quantitative estimate of drug-likeness (QED) is 0.800. The highest BCUT2D eigenvalue weighted by Gasteiger charge is 2.20. The lowest BCUT2D eigenvalue weighted by atomic mass is 10.2. The topological polar surface area (TPSA) is 101 Å². The van der Waals surface area contributed by atoms with Crippen LogP contribution in [0.15, 0.2) is 29.3 Å². The van der Waals surface area contributed by atoms with E-state index >= 15 is 0 Å². The van der Waals surface area contributed by atoms with E-state index in [4.69, 9.17) is 17.3 Å². The number of nitrogens with two attached hydrogens (primary N) is 1. The molecule has 18 heavy (non-hydrogen) atoms. The van der Waals surface area contributed by atoms with E-state index in [2.05, 4.69) is 14.9 Å². The first kappa shape index (κ1) is 12.7. The molecule has 4 N–H and O–H groups in total. The van der Waals surface area contributed by atoms with Gasteiger partial charge in [-0.05, 0) is 18.6 Å². The standard InChI is InChI=1S/C10H11ClN4O2S/c1-6-3-2-4-7(9(6)11)15-18(16,17)8-5-13-14-10(8)12/h2-5,15H,1H3,(H3,12,13,14). The van der Waals surface area contributed by atoms with Gasteiger partial charge in [0.15, 0.2) is 0 Å². The van der Waals surface area contributed by atoms with E-state index in [0.29, 0.717) is 10.7 Å². The minimum absolute atomic E-state index is 0.0220. The molecular weight excluding hydrogens is 276 g/mol. The number of nitrogens with zero attached hydrogens (tertiary/aromatic N) is 1. The molecule has 2 rings (SSSR count). The normalized spacial score (nSPS) is 11.4. The van der Waals surface area contributed by atoms with Crippen LogP contribution in [0.2, 0.25) is 5.02 Å². The third-order valence-corrected chi connectivity index (χ3v) is 4.25. The van der Waals surface area contributed by atoms with Crippen molar-refractivity contribution in [2.45, 2.75) is 11.8 Å². The summed E-state index contributed by atoms with van der Waals surface area (Å²) in [6.07, 6.45) is 1.14. The van der Waals surface area contributed by atoms with E-state index in [0.717, 1.165) is 11.8 Å². The Morgan fingerprint density at radius 3 is 2.78 bits per heavy atom. The van der Waals surface area contributed by atoms with Crippen LogP contribution in [0.3, 0.4) is 0 Å². The van der Waals surface area contributed by atoms with Crippen LogP contribution in [0.5, 0.6) is 0 Å². The highest BCUT2D eigenvalue weighted by molar-refractivity contribution is 7.92. The summed E-state index contributed by atoms with van der Waals surface area (Å²) in [4.78, 5) is -0.111. The van der Waals surface area contributed by atoms with Crippen molar-refractivity contribution in [2.75, 3.05) is 10.5 Å². The molecule has 6 nitrogen and oxygen atoms in total. The summed E-state index contributed by atoms with van der Waals surface area (Å²) in [6, 6.07) is 5.06. The maximum absolute atomic E-state index is 12.0. The number of H-pyrrole nitrogens is 1. The van der Waals surface area contributed by atoms with Gasteiger partial charge in [-0.15, -0.1) is 0 Å². The van der Waals surface area contributed by atoms with Crippen molar-refractivity contribution < 1.29 is 8.42 Å². The molecule has 1 heterocycles. The number of aryl methyl sites for hydroxylation is 1. The summed E-state index contributed by atoms with van der Waals surface area (Å²) in [5.74, 6) is -0.0220. The number of halogens is 1. The molecule has 0 spiro atoms. The fourth-order valence-electron chi connectivity index (χ4n) is 1.43. The molecule has 0 saturated heterocycles. The Balaban J connectivity index is 2.40. The van der Waals surface area contributed by atoms with Gasteiger partial charge in [0.25, 0.3) is 10.0 Å². The molecule has 0 aliphatic carbocycles. The van der Waals surface area contributed by atoms with Crippen molar-refractivity contribution in [1.29, 1.82) is 0 Å². The first-order chi connectivity index (χ1) is 8.42. The molecule has 8 heteroatoms. The molecule has 0 bridgehead atoms. The van der Waals surface area contributed by atoms with E-state index in [1.807, 2.05) is 0 Å². The molecule has 0 aliphatic heterocycles. The Labute approximate surface area is 109 Å². The summed E-state index contributed by atoms with van der Waals surface area (Å²) in [6.45, 7) is 1.78. The van der Waals surface area contributed by atoms with Crippen LogP contribution in [0, 0.1) is 6.92 Å². The van der Waals surface area contributed by atoms with Gasteiger partial charge in [-0.3, -0.25) is 9.82 Å². The average Bonchev–Trinajstić information content (AvgIpc) is 2.72. The van der Waals surface area contributed by atoms with Crippen LogP contribution in [-0.2, 0) is 10.0 Å². The number of anilines is 2. The minimum Gasteiger partial charge on any atom is -0.383 e. The van der Waals surface area contributed by atoms with E-state index in [1.165, 1.54) is 0 Å². The van der Waals surface area contributed by atoms with Crippen LogP contribution < -0.4 is 10.5 Å². The summed E-state index contributed by atoms with van der Waals surface area (Å²) in [7, 11) is -3.79. The summed E-state index contributed by atoms with van der Waals surface area (Å²) >= 11 is 6.02. The molecular formula is C10H11ClN4O2S. The largest absolute Gasteiger partial charge is 0.383 e. The number of aromatic amines is 1. The molecule has 0 radical (unpaired) electrons. The van der Waals surface area contributed by atoms with Crippen LogP contribution in [0.25, 0.3) is 0 Å². The Morgan fingerprint density at radius 2 is 2.17 bits per heavy atom. The lowest BCUT2D eigenvalue weighted by molar-refractivity contribution is 0.601. The van der Waals surface area contributed by atoms with Gasteiger partial charge in [0.05, 0.1) is 16.9 Å². The maximum atomic E-state index is 12.0. The highest BCUT2D eigenvalue weighted by Crippen LogP contribution is 2.28. The van der Waals surface area contributed by atoms with Crippen LogP contribution in [-0.4, -0.2) is 18.6 Å². The number of rotatable bonds is 3. The van der Waals surface area contributed by atoms with Crippen molar-refractivity contribution in [2.24, 2.45) is 0 Å². The Morgan fingerprint density at radius 1 is 1.44 bits per heavy atom. The Hall–Kier alpha value is -1.73. The first-order valence-corrected chi connectivity index (χ1v) is 6.84. The van der Waals surface area contributed by atoms with Gasteiger partial charge in [-0.25, -0.2) is 8.42 Å². The number of sulfonamides is 1. The third-order valence-electron chi connectivity index (χ3n) is 2.36. The zero-order chi connectivity index (χ0) is 13.3. The average molecular weight is 287 g/mol. The van der Waals surface area contributed by atoms with Crippen molar-refractivity contribution >= 4 is 33.1 Å². The second-order valence-corrected chi connectivity index (χ2v) is 5.72. The fourth-order valence-corrected chi connectivity index (χ4v) is 2.75. The number of hydrogen-bond donors (Lipinski definition) is 3. The van der Waals surface area contributed by atoms with Gasteiger partial charge >= 0.3 is 0 Å². The predicted octanol–water partition coefficient (Wildman–Crippen LogP) is 1.75. The molecule has 1 aromatic heterocycles. The Kier molecular flexibility index (Phi) is 3.18. The number of aromatic nitrogens is 2. The molecule has 0 fully saturated rings. The minimum atomic E-state index is -3.79. The van der Waals surface area contributed by atoms with E-state index < -0.39 is 10.0 Å². The van der Waals surface area contributed by atoms with Gasteiger partial charge in [-0.1, -0.05) is 23.7 Å². The predicted molar refractivity (Wildman–Crippen MR) is 70.0 cm³/mol. The molecule has 0 amide bonds. The monoisotopic (exact) mass is 286 g/mol. The summed E-state index contributed by atoms with van der Waals surface area (Å²) < 4.78 is 26.4. The molecule has 96 valence electrons. The lowest BCUT2D eigenvalue weighted by Gasteiger charge is -2.09. The summed E-state index contributed by atoms with van der Waals surface area (Å²) in [5.41, 5.74) is 6.56. The first-order valence-electron chi connectivity index (χ1n) is 4.98. The molecule has 0 atom stereocenters. The van der Waals surface area contributed by atoms with Crippen molar-refractivity contribution in [3.63, 3.8) is 0 Å². The second-order valence-electron chi connectivity index (χ2n) is 3.69. The van der Waals surface area contributed by atoms with Crippen molar-refractivity contribution in [1.82, 2.24) is 10.2 Å². The molecule has 0 aliphatic rings. The van der Waals surface area contributed by atoms with E-state index in [1.54, 1.807) is 25.1 Å². The molecule has 0 unspecified atom stereocenters. The van der Waals surface area contributed by atoms with Crippen LogP contribution in [0.4, 0.5) is 11.5 Å². The third kappa shape index (κ3) is 2.27. The maximum Gasteiger partial charge on any atom is 0.267 e. The van der Waals surface area contributed by atoms with Crippen molar-refractivity contribution in [3.8, 4) is 0 Å². The van der Waals surface area contributed by atoms with E-state index in [9.17, 15) is 8.42 Å². The number of nitrogens with one attached hydrogen (secondary N) is 2. The highest BCUT2D eigenvalue weighted by atomic mass is 35.5. The number of nitrogen functional groups attached to an aromatic ring is 1. The van der Waals surface area contributed by atoms with Gasteiger partial charge in [0, 0.05) is 0 Å². The van der Waals surface area contributed by atoms with E-state index in [-0.39, 0.29) is 10.7 Å². The van der Waals surface area contributed by atoms with Gasteiger partial charge < -0.3 is 5.73 Å². The number of benzene rings is 1. The van der Waals surface area contributed by atoms with Crippen molar-refractivity contribution in [3.05, 3.63) is 35.0 Å². The summed E-state index contributed by atoms with van der Waals surface area (Å²) in [5, 5.41) is 6.28. The molecule has 1 aromatic carbocycles. The van der Waals surface area contributed by atoms with Gasteiger partial charge in [0.1, 0.15) is 10.7 Å². The van der Waals surface area contributed by atoms with Gasteiger partial charge in [-0.2, -0.15) is 5.10 Å². The molecule has 2 aromatic rings. The zero-order valence-corrected chi connectivity index (χ0v) is 11.0. The molecule has 0 saturated carbocycles. The zero-order valence-electron chi connectivity index (χ0n) is 9.44. The Bertz CT molecular complexity index is 681. The lowest BCUT2D eigenvalue weighted by Crippen LogP contribution is -2.14. The van der Waals surface area contributed by atoms with Crippen LogP contribution >= 0.6 is 11.6 Å². The number of hydrogen-bond acceptors (Lipinski definition) is 4. The van der Waals surface area contributed by atoms with Gasteiger partial charge in [0.2, 0.25) is 0 Å². The second kappa shape index (κ2) is 4.51. The SMILES string of the molecule is Cc1cccc(NS(=O)(=O)c2cn[nH]c2N)c1Cl.